The van der Waals surface area contributed by atoms with Gasteiger partial charge >= 0.3 is 0 Å². The van der Waals surface area contributed by atoms with Gasteiger partial charge in [0.2, 0.25) is 0 Å². The van der Waals surface area contributed by atoms with Crippen molar-refractivity contribution >= 4 is 10.8 Å². The summed E-state index contributed by atoms with van der Waals surface area (Å²) >= 11 is 0. The van der Waals surface area contributed by atoms with Gasteiger partial charge in [0.25, 0.3) is 0 Å². The van der Waals surface area contributed by atoms with E-state index in [1.807, 2.05) is 0 Å². The Bertz CT molecular complexity index is 230. The van der Waals surface area contributed by atoms with E-state index in [0.29, 0.717) is 18.4 Å². The van der Waals surface area contributed by atoms with Crippen LogP contribution in [0.5, 0.6) is 0 Å². The van der Waals surface area contributed by atoms with Gasteiger partial charge in [-0.25, -0.2) is 0 Å². The molecular weight excluding hydrogens is 246 g/mol. The number of nitrogens with one attached hydrogen (secondary N) is 1. The second-order valence-electron chi connectivity index (χ2n) is 5.26. The van der Waals surface area contributed by atoms with Crippen LogP contribution in [0, 0.1) is 5.92 Å². The van der Waals surface area contributed by atoms with E-state index < -0.39 is 10.8 Å². The third-order valence-electron chi connectivity index (χ3n) is 3.76. The Morgan fingerprint density at radius 2 is 2.06 bits per heavy atom. The van der Waals surface area contributed by atoms with Crippen LogP contribution in [0.25, 0.3) is 0 Å². The van der Waals surface area contributed by atoms with Gasteiger partial charge in [-0.15, -0.1) is 0 Å². The van der Waals surface area contributed by atoms with E-state index >= 15 is 0 Å². The van der Waals surface area contributed by atoms with Gasteiger partial charge in [0.05, 0.1) is 6.61 Å². The highest BCUT2D eigenvalue weighted by molar-refractivity contribution is 7.85. The number of hydrogen-bond donors (Lipinski definition) is 1. The number of rotatable bonds is 9. The zero-order valence-electron chi connectivity index (χ0n) is 12.0. The van der Waals surface area contributed by atoms with E-state index in [1.165, 1.54) is 32.1 Å². The van der Waals surface area contributed by atoms with Gasteiger partial charge in [-0.05, 0) is 31.7 Å². The summed E-state index contributed by atoms with van der Waals surface area (Å²) in [5, 5.41) is 3.61. The molecule has 1 rings (SSSR count). The van der Waals surface area contributed by atoms with Crippen LogP contribution < -0.4 is 5.32 Å². The minimum Gasteiger partial charge on any atom is -0.384 e. The maximum atomic E-state index is 12.0. The molecule has 0 bridgehead atoms. The summed E-state index contributed by atoms with van der Waals surface area (Å²) in [7, 11) is 0.929. The molecule has 0 radical (unpaired) electrons. The van der Waals surface area contributed by atoms with Crippen molar-refractivity contribution in [3.63, 3.8) is 0 Å². The second-order valence-corrected chi connectivity index (χ2v) is 6.88. The van der Waals surface area contributed by atoms with Crippen molar-refractivity contribution in [3.8, 4) is 0 Å². The third kappa shape index (κ3) is 6.30. The highest BCUT2D eigenvalue weighted by atomic mass is 32.2. The van der Waals surface area contributed by atoms with Crippen molar-refractivity contribution in [1.29, 1.82) is 0 Å². The Morgan fingerprint density at radius 3 is 2.67 bits per heavy atom. The molecular formula is C14H29NO2S. The van der Waals surface area contributed by atoms with Crippen molar-refractivity contribution < 1.29 is 8.95 Å². The Morgan fingerprint density at radius 1 is 1.33 bits per heavy atom. The van der Waals surface area contributed by atoms with Gasteiger partial charge in [0.15, 0.2) is 0 Å². The van der Waals surface area contributed by atoms with E-state index in [9.17, 15) is 4.21 Å². The minimum absolute atomic E-state index is 0.447. The fraction of sp³-hybridized carbons (Fsp3) is 1.00. The molecule has 0 amide bonds. The molecule has 2 atom stereocenters. The largest absolute Gasteiger partial charge is 0.384 e. The number of ether oxygens (including phenoxy) is 1. The molecule has 1 aliphatic carbocycles. The predicted molar refractivity (Wildman–Crippen MR) is 78.4 cm³/mol. The topological polar surface area (TPSA) is 38.3 Å². The molecule has 3 nitrogen and oxygen atoms in total. The summed E-state index contributed by atoms with van der Waals surface area (Å²) in [5.41, 5.74) is 0. The van der Waals surface area contributed by atoms with Crippen LogP contribution in [-0.4, -0.2) is 42.0 Å². The van der Waals surface area contributed by atoms with Gasteiger partial charge in [0, 0.05) is 35.5 Å². The molecule has 0 aromatic rings. The average Bonchev–Trinajstić information content (AvgIpc) is 2.42. The van der Waals surface area contributed by atoms with Gasteiger partial charge in [-0.3, -0.25) is 4.21 Å². The molecule has 0 heterocycles. The molecule has 1 fully saturated rings. The van der Waals surface area contributed by atoms with Crippen molar-refractivity contribution in [2.45, 2.75) is 51.5 Å². The van der Waals surface area contributed by atoms with Crippen molar-refractivity contribution in [2.75, 3.05) is 31.8 Å². The van der Waals surface area contributed by atoms with Gasteiger partial charge in [0.1, 0.15) is 0 Å². The number of methoxy groups -OCH3 is 1. The monoisotopic (exact) mass is 275 g/mol. The molecule has 0 aromatic heterocycles. The van der Waals surface area contributed by atoms with Gasteiger partial charge in [-0.1, -0.05) is 26.2 Å². The molecule has 2 unspecified atom stereocenters. The lowest BCUT2D eigenvalue weighted by Gasteiger charge is -2.30. The third-order valence-corrected chi connectivity index (χ3v) is 5.11. The van der Waals surface area contributed by atoms with Crippen LogP contribution in [0.2, 0.25) is 0 Å². The maximum Gasteiger partial charge on any atom is 0.0577 e. The molecule has 18 heavy (non-hydrogen) atoms. The first-order chi connectivity index (χ1) is 8.77. The molecule has 1 N–H and O–H groups in total. The van der Waals surface area contributed by atoms with Crippen LogP contribution in [0.4, 0.5) is 0 Å². The van der Waals surface area contributed by atoms with E-state index in [-0.39, 0.29) is 0 Å². The molecule has 4 heteroatoms. The highest BCUT2D eigenvalue weighted by Crippen LogP contribution is 2.26. The van der Waals surface area contributed by atoms with Crippen LogP contribution in [0.3, 0.4) is 0 Å². The maximum absolute atomic E-state index is 12.0. The molecule has 0 saturated heterocycles. The van der Waals surface area contributed by atoms with Crippen LogP contribution in [0.1, 0.15) is 45.4 Å². The first-order valence-corrected chi connectivity index (χ1v) is 8.84. The van der Waals surface area contributed by atoms with Crippen molar-refractivity contribution in [1.82, 2.24) is 5.32 Å². The quantitative estimate of drug-likeness (QED) is 0.702. The second kappa shape index (κ2) is 9.93. The summed E-state index contributed by atoms with van der Waals surface area (Å²) in [4.78, 5) is 0. The Balaban J connectivity index is 2.40. The fourth-order valence-electron chi connectivity index (χ4n) is 2.69. The van der Waals surface area contributed by atoms with Crippen LogP contribution in [-0.2, 0) is 15.5 Å². The molecule has 0 aromatic carbocycles. The Labute approximate surface area is 115 Å². The van der Waals surface area contributed by atoms with Crippen LogP contribution >= 0.6 is 0 Å². The zero-order chi connectivity index (χ0) is 13.2. The molecule has 0 spiro atoms. The zero-order valence-corrected chi connectivity index (χ0v) is 12.8. The Hall–Kier alpha value is 0.0700. The molecule has 1 saturated carbocycles. The van der Waals surface area contributed by atoms with Gasteiger partial charge in [-0.2, -0.15) is 0 Å². The summed E-state index contributed by atoms with van der Waals surface area (Å²) in [6.45, 7) is 3.84. The number of hydrogen-bond acceptors (Lipinski definition) is 3. The summed E-state index contributed by atoms with van der Waals surface area (Å²) < 4.78 is 17.0. The van der Waals surface area contributed by atoms with Crippen molar-refractivity contribution in [2.24, 2.45) is 5.92 Å². The van der Waals surface area contributed by atoms with E-state index in [1.54, 1.807) is 7.11 Å². The van der Waals surface area contributed by atoms with Crippen LogP contribution in [0.15, 0.2) is 0 Å². The van der Waals surface area contributed by atoms with Crippen molar-refractivity contribution in [3.05, 3.63) is 0 Å². The predicted octanol–water partition coefficient (Wildman–Crippen LogP) is 2.33. The standard InChI is InChI=1S/C14H29NO2S/c1-3-9-15-14(12-18(16)11-10-17-2)13-7-5-4-6-8-13/h13-15H,3-12H2,1-2H3. The molecule has 108 valence electrons. The highest BCUT2D eigenvalue weighted by Gasteiger charge is 2.24. The first-order valence-electron chi connectivity index (χ1n) is 7.35. The first kappa shape index (κ1) is 16.1. The molecule has 0 aliphatic heterocycles. The lowest BCUT2D eigenvalue weighted by Crippen LogP contribution is -2.42. The lowest BCUT2D eigenvalue weighted by molar-refractivity contribution is 0.217. The Kier molecular flexibility index (Phi) is 8.90. The summed E-state index contributed by atoms with van der Waals surface area (Å²) in [5.74, 6) is 2.21. The smallest absolute Gasteiger partial charge is 0.0577 e. The average molecular weight is 275 g/mol. The summed E-state index contributed by atoms with van der Waals surface area (Å²) in [6, 6.07) is 0.447. The molecule has 1 aliphatic rings. The summed E-state index contributed by atoms with van der Waals surface area (Å²) in [6.07, 6.45) is 7.84. The fourth-order valence-corrected chi connectivity index (χ4v) is 4.00. The van der Waals surface area contributed by atoms with E-state index in [2.05, 4.69) is 12.2 Å². The minimum atomic E-state index is -0.743. The van der Waals surface area contributed by atoms with E-state index in [0.717, 1.165) is 24.6 Å². The van der Waals surface area contributed by atoms with E-state index in [4.69, 9.17) is 4.74 Å². The SMILES string of the molecule is CCCNC(CS(=O)CCOC)C1CCCCC1. The van der Waals surface area contributed by atoms with Gasteiger partial charge < -0.3 is 10.1 Å². The normalized spacial score (nSPS) is 20.8. The lowest BCUT2D eigenvalue weighted by atomic mass is 9.84.